The summed E-state index contributed by atoms with van der Waals surface area (Å²) in [7, 11) is 0. The Balaban J connectivity index is 2.12. The van der Waals surface area contributed by atoms with Crippen LogP contribution in [0.5, 0.6) is 0 Å². The summed E-state index contributed by atoms with van der Waals surface area (Å²) in [4.78, 5) is 24.3. The number of aliphatic hydroxyl groups excluding tert-OH is 1. The van der Waals surface area contributed by atoms with Crippen LogP contribution in [0.15, 0.2) is 30.3 Å². The summed E-state index contributed by atoms with van der Waals surface area (Å²) in [5.41, 5.74) is 0.928. The van der Waals surface area contributed by atoms with Gasteiger partial charge >= 0.3 is 6.16 Å². The summed E-state index contributed by atoms with van der Waals surface area (Å²) in [5.74, 6) is 0.145. The summed E-state index contributed by atoms with van der Waals surface area (Å²) >= 11 is 22.6. The Morgan fingerprint density at radius 1 is 1.11 bits per heavy atom. The summed E-state index contributed by atoms with van der Waals surface area (Å²) in [6, 6.07) is 8.40. The van der Waals surface area contributed by atoms with E-state index in [1.54, 1.807) is 0 Å². The van der Waals surface area contributed by atoms with Crippen LogP contribution >= 0.6 is 46.4 Å². The van der Waals surface area contributed by atoms with E-state index in [0.717, 1.165) is 31.2 Å². The lowest BCUT2D eigenvalue weighted by molar-refractivity contribution is -0.274. The Bertz CT molecular complexity index is 814. The van der Waals surface area contributed by atoms with E-state index < -0.39 is 53.1 Å². The van der Waals surface area contributed by atoms with Gasteiger partial charge in [0.2, 0.25) is 9.70 Å². The van der Waals surface area contributed by atoms with Crippen molar-refractivity contribution in [1.82, 2.24) is 5.32 Å². The van der Waals surface area contributed by atoms with E-state index in [2.05, 4.69) is 5.32 Å². The number of hydrogen-bond acceptors (Lipinski definition) is 8. The van der Waals surface area contributed by atoms with E-state index in [4.69, 9.17) is 70.1 Å². The first-order valence-corrected chi connectivity index (χ1v) is 13.6. The Kier molecular flexibility index (Phi) is 14.6. The molecule has 1 aromatic rings. The third-order valence-electron chi connectivity index (χ3n) is 5.33. The van der Waals surface area contributed by atoms with Crippen LogP contribution in [-0.4, -0.2) is 77.3 Å². The molecule has 37 heavy (non-hydrogen) atoms. The fourth-order valence-electron chi connectivity index (χ4n) is 3.63. The van der Waals surface area contributed by atoms with E-state index in [-0.39, 0.29) is 13.2 Å². The average Bonchev–Trinajstić information content (AvgIpc) is 2.84. The van der Waals surface area contributed by atoms with Gasteiger partial charge in [0.25, 0.3) is 0 Å². The third-order valence-corrected chi connectivity index (χ3v) is 5.93. The lowest BCUT2D eigenvalue weighted by Gasteiger charge is -2.43. The predicted molar refractivity (Wildman–Crippen MR) is 140 cm³/mol. The summed E-state index contributed by atoms with van der Waals surface area (Å²) < 4.78 is 26.0. The van der Waals surface area contributed by atoms with Gasteiger partial charge in [-0.15, -0.1) is 11.6 Å². The second kappa shape index (κ2) is 16.8. The van der Waals surface area contributed by atoms with Crippen molar-refractivity contribution in [1.29, 1.82) is 0 Å². The van der Waals surface area contributed by atoms with Gasteiger partial charge in [-0.25, -0.2) is 4.79 Å². The number of amides is 1. The second-order valence-electron chi connectivity index (χ2n) is 8.47. The first-order valence-electron chi connectivity index (χ1n) is 11.9. The van der Waals surface area contributed by atoms with Gasteiger partial charge in [0.15, 0.2) is 12.4 Å². The quantitative estimate of drug-likeness (QED) is 0.181. The number of benzene rings is 1. The van der Waals surface area contributed by atoms with Crippen LogP contribution in [0, 0.1) is 0 Å². The molecule has 0 spiro atoms. The monoisotopic (exact) mass is 603 g/mol. The normalized spacial score (nSPS) is 23.9. The van der Waals surface area contributed by atoms with Crippen LogP contribution in [0.1, 0.15) is 38.2 Å². The average molecular weight is 605 g/mol. The fraction of sp³-hybridized carbons (Fsp3) is 0.667. The highest BCUT2D eigenvalue weighted by Crippen LogP contribution is 2.28. The number of halogens is 4. The van der Waals surface area contributed by atoms with Gasteiger partial charge in [0.1, 0.15) is 24.9 Å². The molecular formula is C24H33Cl4NO8. The first-order chi connectivity index (χ1) is 17.6. The van der Waals surface area contributed by atoms with Crippen molar-refractivity contribution >= 4 is 58.5 Å². The zero-order chi connectivity index (χ0) is 27.3. The topological polar surface area (TPSA) is 113 Å². The van der Waals surface area contributed by atoms with E-state index in [1.807, 2.05) is 30.3 Å². The maximum absolute atomic E-state index is 12.3. The van der Waals surface area contributed by atoms with Crippen molar-refractivity contribution in [3.8, 4) is 0 Å². The van der Waals surface area contributed by atoms with Crippen LogP contribution in [0.3, 0.4) is 0 Å². The molecule has 0 radical (unpaired) electrons. The largest absolute Gasteiger partial charge is 0.508 e. The summed E-state index contributed by atoms with van der Waals surface area (Å²) in [6.07, 6.45) is -2.42. The smallest absolute Gasteiger partial charge is 0.430 e. The van der Waals surface area contributed by atoms with Crippen molar-refractivity contribution < 1.29 is 38.4 Å². The Morgan fingerprint density at radius 3 is 2.46 bits per heavy atom. The molecule has 1 aliphatic heterocycles. The molecule has 1 aromatic carbocycles. The Morgan fingerprint density at radius 2 is 1.81 bits per heavy atom. The molecule has 9 nitrogen and oxygen atoms in total. The lowest BCUT2D eigenvalue weighted by Crippen LogP contribution is -2.65. The number of hydrogen-bond donors (Lipinski definition) is 2. The zero-order valence-corrected chi connectivity index (χ0v) is 23.5. The molecule has 210 valence electrons. The lowest BCUT2D eigenvalue weighted by atomic mass is 9.96. The van der Waals surface area contributed by atoms with Crippen LogP contribution in [0.25, 0.3) is 0 Å². The fourth-order valence-corrected chi connectivity index (χ4v) is 3.98. The SMILES string of the molecule is CC(=O)N[C@H]1[C@H](OCCCCCCCl)O[C@H](COCc2ccccc2)[C@@H](O)[C@@H]1OC(=O)OCC(Cl)(Cl)Cl. The molecule has 5 atom stereocenters. The molecule has 0 aromatic heterocycles. The summed E-state index contributed by atoms with van der Waals surface area (Å²) in [5, 5.41) is 13.7. The van der Waals surface area contributed by atoms with Gasteiger partial charge in [0.05, 0.1) is 13.2 Å². The minimum absolute atomic E-state index is 0.0402. The molecule has 2 rings (SSSR count). The third kappa shape index (κ3) is 12.6. The highest BCUT2D eigenvalue weighted by molar-refractivity contribution is 6.67. The molecule has 1 amide bonds. The molecule has 0 aliphatic carbocycles. The Hall–Kier alpha value is -1.04. The van der Waals surface area contributed by atoms with Gasteiger partial charge in [-0.2, -0.15) is 0 Å². The molecule has 0 bridgehead atoms. The number of carbonyl (C=O) groups is 2. The number of nitrogens with one attached hydrogen (secondary N) is 1. The van der Waals surface area contributed by atoms with E-state index in [0.29, 0.717) is 12.5 Å². The van der Waals surface area contributed by atoms with Crippen molar-refractivity contribution in [3.63, 3.8) is 0 Å². The maximum Gasteiger partial charge on any atom is 0.508 e. The molecule has 1 aliphatic rings. The van der Waals surface area contributed by atoms with Crippen LogP contribution in [0.4, 0.5) is 4.79 Å². The molecule has 2 N–H and O–H groups in total. The summed E-state index contributed by atoms with van der Waals surface area (Å²) in [6.45, 7) is 1.24. The zero-order valence-electron chi connectivity index (χ0n) is 20.5. The standard InChI is InChI=1S/C24H33Cl4NO8/c1-16(30)29-19-21(37-23(32)35-15-24(26,27)28)20(31)18(14-33-13-17-9-5-4-6-10-17)36-22(19)34-12-8-3-2-7-11-25/h4-6,9-10,18-22,31H,2-3,7-8,11-15H2,1H3,(H,29,30)/t18-,19-,20-,21-,22-/m1/s1. The number of unbranched alkanes of at least 4 members (excludes halogenated alkanes) is 3. The Labute approximate surface area is 236 Å². The van der Waals surface area contributed by atoms with Crippen molar-refractivity contribution in [3.05, 3.63) is 35.9 Å². The highest BCUT2D eigenvalue weighted by atomic mass is 35.6. The number of rotatable bonds is 14. The molecule has 1 heterocycles. The van der Waals surface area contributed by atoms with E-state index >= 15 is 0 Å². The molecule has 13 heteroatoms. The van der Waals surface area contributed by atoms with Crippen molar-refractivity contribution in [2.24, 2.45) is 0 Å². The number of carbonyl (C=O) groups excluding carboxylic acids is 2. The van der Waals surface area contributed by atoms with Gasteiger partial charge in [-0.05, 0) is 18.4 Å². The van der Waals surface area contributed by atoms with Crippen LogP contribution in [-0.2, 0) is 35.1 Å². The maximum atomic E-state index is 12.3. The van der Waals surface area contributed by atoms with Crippen molar-refractivity contribution in [2.75, 3.05) is 25.7 Å². The van der Waals surface area contributed by atoms with Crippen molar-refractivity contribution in [2.45, 2.75) is 73.7 Å². The van der Waals surface area contributed by atoms with Gasteiger partial charge in [-0.3, -0.25) is 4.79 Å². The molecule has 0 unspecified atom stereocenters. The van der Waals surface area contributed by atoms with Crippen LogP contribution in [0.2, 0.25) is 0 Å². The number of alkyl halides is 4. The van der Waals surface area contributed by atoms with Gasteiger partial charge in [0, 0.05) is 19.4 Å². The highest BCUT2D eigenvalue weighted by Gasteiger charge is 2.49. The predicted octanol–water partition coefficient (Wildman–Crippen LogP) is 4.50. The van der Waals surface area contributed by atoms with Gasteiger partial charge < -0.3 is 34.1 Å². The van der Waals surface area contributed by atoms with Gasteiger partial charge in [-0.1, -0.05) is 78.0 Å². The molecule has 1 fully saturated rings. The molecular weight excluding hydrogens is 572 g/mol. The first kappa shape index (κ1) is 32.2. The number of ether oxygens (including phenoxy) is 5. The molecule has 1 saturated heterocycles. The van der Waals surface area contributed by atoms with E-state index in [9.17, 15) is 14.7 Å². The van der Waals surface area contributed by atoms with E-state index in [1.165, 1.54) is 6.92 Å². The minimum atomic E-state index is -1.85. The number of aliphatic hydroxyl groups is 1. The molecule has 0 saturated carbocycles. The minimum Gasteiger partial charge on any atom is -0.430 e. The van der Waals surface area contributed by atoms with Crippen LogP contribution < -0.4 is 5.32 Å². The second-order valence-corrected chi connectivity index (χ2v) is 11.4.